The highest BCUT2D eigenvalue weighted by molar-refractivity contribution is 14.1. The Kier molecular flexibility index (Phi) is 10.4. The van der Waals surface area contributed by atoms with Gasteiger partial charge in [0.2, 0.25) is 6.04 Å². The maximum Gasteiger partial charge on any atom is 0.366 e. The van der Waals surface area contributed by atoms with Crippen molar-refractivity contribution in [3.05, 3.63) is 54.3 Å². The molecule has 0 fully saturated rings. The number of carbonyl (C=O) groups excluding carboxylic acids is 1. The Morgan fingerprint density at radius 3 is 1.68 bits per heavy atom. The lowest BCUT2D eigenvalue weighted by Gasteiger charge is -2.09. The molecule has 8 nitrogen and oxygen atoms in total. The molecule has 41 heavy (non-hydrogen) atoms. The van der Waals surface area contributed by atoms with Gasteiger partial charge in [-0.2, -0.15) is 0 Å². The number of rotatable bonds is 13. The van der Waals surface area contributed by atoms with Gasteiger partial charge in [-0.3, -0.25) is 4.79 Å². The van der Waals surface area contributed by atoms with Crippen LogP contribution in [0.25, 0.3) is 39.0 Å². The van der Waals surface area contributed by atoms with E-state index in [9.17, 15) is 14.7 Å². The van der Waals surface area contributed by atoms with Crippen LogP contribution in [-0.2, 0) is 14.3 Å². The molecule has 0 aromatic carbocycles. The fourth-order valence-electron chi connectivity index (χ4n) is 3.59. The predicted molar refractivity (Wildman–Crippen MR) is 182 cm³/mol. The lowest BCUT2D eigenvalue weighted by atomic mass is 10.3. The molecule has 0 unspecified atom stereocenters. The number of carboxylic acid groups (broad SMARTS) is 1. The second-order valence-corrected chi connectivity index (χ2v) is 17.6. The minimum atomic E-state index is -1.00. The minimum Gasteiger partial charge on any atom is -0.485 e. The summed E-state index contributed by atoms with van der Waals surface area (Å²) in [4.78, 5) is 30.4. The van der Waals surface area contributed by atoms with Gasteiger partial charge in [-0.05, 0) is 81.6 Å². The molecule has 2 atom stereocenters. The monoisotopic (exact) mass is 872 g/mol. The van der Waals surface area contributed by atoms with E-state index in [1.165, 1.54) is 5.77 Å². The third-order valence-electron chi connectivity index (χ3n) is 5.54. The second-order valence-electron chi connectivity index (χ2n) is 8.49. The van der Waals surface area contributed by atoms with E-state index in [-0.39, 0.29) is 13.2 Å². The summed E-state index contributed by atoms with van der Waals surface area (Å²) in [7, 11) is 0. The first-order valence-electron chi connectivity index (χ1n) is 11.8. The Labute approximate surface area is 282 Å². The van der Waals surface area contributed by atoms with E-state index in [1.807, 2.05) is 12.1 Å². The molecule has 0 aliphatic carbocycles. The first-order valence-corrected chi connectivity index (χ1v) is 18.1. The third kappa shape index (κ3) is 7.50. The first kappa shape index (κ1) is 30.9. The van der Waals surface area contributed by atoms with Gasteiger partial charge in [0.05, 0.1) is 15.5 Å². The van der Waals surface area contributed by atoms with Crippen molar-refractivity contribution < 1.29 is 40.4 Å². The molecule has 5 aromatic rings. The number of halogens is 2. The van der Waals surface area contributed by atoms with Gasteiger partial charge in [-0.15, -0.1) is 56.7 Å². The molecule has 0 aliphatic heterocycles. The molecule has 5 rings (SSSR count). The fraction of sp³-hybridized carbons (Fsp3) is 0.154. The van der Waals surface area contributed by atoms with E-state index in [0.717, 1.165) is 39.0 Å². The van der Waals surface area contributed by atoms with Gasteiger partial charge in [-0.1, -0.05) is 0 Å². The molecule has 5 heterocycles. The SMILES string of the molecule is [NH3+][C@H](COc1cc(-c2ccc(I)s2)sc1-c1ccc(-c2sc(-c3ccc(I)s3)cc2OC[C@H]([NH3+])C(=O)O)s1)OC=O. The van der Waals surface area contributed by atoms with Crippen LogP contribution < -0.4 is 20.9 Å². The summed E-state index contributed by atoms with van der Waals surface area (Å²) in [5.41, 5.74) is 7.50. The number of quaternary nitrogens is 2. The summed E-state index contributed by atoms with van der Waals surface area (Å²) in [6, 6.07) is 15.6. The van der Waals surface area contributed by atoms with E-state index in [2.05, 4.69) is 93.0 Å². The number of carboxylic acids is 1. The van der Waals surface area contributed by atoms with Crippen LogP contribution in [0.5, 0.6) is 11.5 Å². The summed E-state index contributed by atoms with van der Waals surface area (Å²) in [6.45, 7) is 0.475. The maximum atomic E-state index is 11.4. The molecule has 214 valence electrons. The van der Waals surface area contributed by atoms with Crippen LogP contribution in [0.1, 0.15) is 0 Å². The van der Waals surface area contributed by atoms with Crippen molar-refractivity contribution in [2.75, 3.05) is 13.2 Å². The number of hydrogen-bond acceptors (Lipinski definition) is 10. The van der Waals surface area contributed by atoms with Crippen molar-refractivity contribution in [1.82, 2.24) is 0 Å². The van der Waals surface area contributed by atoms with Gasteiger partial charge in [-0.25, -0.2) is 4.79 Å². The molecule has 0 radical (unpaired) electrons. The molecular weight excluding hydrogens is 850 g/mol. The third-order valence-corrected chi connectivity index (χ3v) is 13.4. The van der Waals surface area contributed by atoms with Gasteiger partial charge in [0.15, 0.2) is 13.2 Å². The molecule has 0 aliphatic rings. The van der Waals surface area contributed by atoms with Gasteiger partial charge in [0, 0.05) is 41.4 Å². The standard InChI is InChI=1S/C26H20I2N2O6S5/c27-21-5-3-15(38-21)19-7-13(34-9-12(29)26(32)33)24(40-19)17-1-2-18(37-17)25-14(35-10-23(30)36-11-31)8-20(41-25)16-4-6-22(28)39-16/h1-8,11-12,23H,9-10,29-30H2,(H,32,33)/p+2/t12-,23-/m0/s1. The van der Waals surface area contributed by atoms with Gasteiger partial charge < -0.3 is 30.8 Å². The zero-order valence-corrected chi connectivity index (χ0v) is 29.4. The van der Waals surface area contributed by atoms with Gasteiger partial charge in [0.1, 0.15) is 11.5 Å². The first-order chi connectivity index (χ1) is 19.7. The Morgan fingerprint density at radius 1 is 0.756 bits per heavy atom. The van der Waals surface area contributed by atoms with E-state index >= 15 is 0 Å². The van der Waals surface area contributed by atoms with Gasteiger partial charge in [0.25, 0.3) is 12.7 Å². The van der Waals surface area contributed by atoms with Crippen molar-refractivity contribution in [1.29, 1.82) is 0 Å². The van der Waals surface area contributed by atoms with E-state index in [1.54, 1.807) is 56.7 Å². The number of hydrogen-bond donors (Lipinski definition) is 3. The molecule has 0 spiro atoms. The average Bonchev–Trinajstić information content (AvgIpc) is 3.76. The number of ether oxygens (including phenoxy) is 3. The smallest absolute Gasteiger partial charge is 0.366 e. The van der Waals surface area contributed by atoms with E-state index < -0.39 is 18.2 Å². The summed E-state index contributed by atoms with van der Waals surface area (Å²) in [5.74, 6) is 0.333. The highest BCUT2D eigenvalue weighted by atomic mass is 127. The molecular formula is C26H22I2N2O6S5+2. The summed E-state index contributed by atoms with van der Waals surface area (Å²) < 4.78 is 19.4. The average molecular weight is 873 g/mol. The summed E-state index contributed by atoms with van der Waals surface area (Å²) in [6.07, 6.45) is -0.627. The highest BCUT2D eigenvalue weighted by Gasteiger charge is 2.23. The van der Waals surface area contributed by atoms with Crippen LogP contribution in [0.2, 0.25) is 0 Å². The quantitative estimate of drug-likeness (QED) is 0.0748. The van der Waals surface area contributed by atoms with Crippen LogP contribution in [0, 0.1) is 5.77 Å². The van der Waals surface area contributed by atoms with Crippen molar-refractivity contribution in [2.45, 2.75) is 12.3 Å². The lowest BCUT2D eigenvalue weighted by molar-refractivity contribution is -0.482. The molecule has 0 amide bonds. The maximum absolute atomic E-state index is 11.4. The van der Waals surface area contributed by atoms with Crippen LogP contribution in [0.3, 0.4) is 0 Å². The Bertz CT molecular complexity index is 1670. The fourth-order valence-corrected chi connectivity index (χ4v) is 10.4. The minimum absolute atomic E-state index is 0.0281. The molecule has 0 saturated carbocycles. The lowest BCUT2D eigenvalue weighted by Crippen LogP contribution is -2.67. The number of aliphatic carboxylic acids is 1. The summed E-state index contributed by atoms with van der Waals surface area (Å²) in [5, 5.41) is 9.30. The molecule has 5 aromatic heterocycles. The van der Waals surface area contributed by atoms with Crippen molar-refractivity contribution in [3.63, 3.8) is 0 Å². The largest absolute Gasteiger partial charge is 0.485 e. The zero-order valence-electron chi connectivity index (χ0n) is 21.0. The second kappa shape index (κ2) is 13.8. The van der Waals surface area contributed by atoms with Crippen molar-refractivity contribution in [3.8, 4) is 50.5 Å². The number of thiophene rings is 5. The normalized spacial score (nSPS) is 12.7. The van der Waals surface area contributed by atoms with E-state index in [4.69, 9.17) is 14.2 Å². The van der Waals surface area contributed by atoms with Crippen LogP contribution >= 0.6 is 102 Å². The predicted octanol–water partition coefficient (Wildman–Crippen LogP) is 6.07. The highest BCUT2D eigenvalue weighted by Crippen LogP contribution is 2.51. The zero-order chi connectivity index (χ0) is 29.1. The molecule has 7 N–H and O–H groups in total. The van der Waals surface area contributed by atoms with Crippen LogP contribution in [0.4, 0.5) is 0 Å². The Balaban J connectivity index is 1.50. The molecule has 0 saturated heterocycles. The Hall–Kier alpha value is -1.58. The van der Waals surface area contributed by atoms with Crippen molar-refractivity contribution >= 4 is 114 Å². The van der Waals surface area contributed by atoms with Crippen molar-refractivity contribution in [2.24, 2.45) is 0 Å². The topological polar surface area (TPSA) is 137 Å². The Morgan fingerprint density at radius 2 is 1.24 bits per heavy atom. The molecule has 0 bridgehead atoms. The van der Waals surface area contributed by atoms with Gasteiger partial charge >= 0.3 is 5.97 Å². The van der Waals surface area contributed by atoms with Crippen LogP contribution in [-0.4, -0.2) is 43.0 Å². The molecule has 15 heteroatoms. The van der Waals surface area contributed by atoms with Crippen LogP contribution in [0.15, 0.2) is 48.5 Å². The summed E-state index contributed by atoms with van der Waals surface area (Å²) >= 11 is 12.9. The van der Waals surface area contributed by atoms with E-state index in [0.29, 0.717) is 18.0 Å². The number of carbonyl (C=O) groups is 2.